The van der Waals surface area contributed by atoms with Crippen molar-refractivity contribution in [3.05, 3.63) is 23.8 Å². The van der Waals surface area contributed by atoms with Gasteiger partial charge < -0.3 is 16.0 Å². The zero-order chi connectivity index (χ0) is 14.5. The molecule has 0 bridgehead atoms. The highest BCUT2D eigenvalue weighted by Crippen LogP contribution is 2.26. The molecule has 0 saturated carbocycles. The Morgan fingerprint density at radius 1 is 1.45 bits per heavy atom. The van der Waals surface area contributed by atoms with Crippen LogP contribution in [0.1, 0.15) is 10.4 Å². The maximum Gasteiger partial charge on any atom is 0.253 e. The smallest absolute Gasteiger partial charge is 0.253 e. The molecule has 1 heterocycles. The van der Waals surface area contributed by atoms with Gasteiger partial charge in [-0.2, -0.15) is 23.5 Å². The Hall–Kier alpha value is -1.01. The summed E-state index contributed by atoms with van der Waals surface area (Å²) >= 11 is 4.02. The van der Waals surface area contributed by atoms with Gasteiger partial charge in [0.05, 0.1) is 11.4 Å². The molecule has 1 amide bonds. The van der Waals surface area contributed by atoms with Crippen LogP contribution < -0.4 is 11.1 Å². The van der Waals surface area contributed by atoms with Gasteiger partial charge in [-0.3, -0.25) is 4.79 Å². The van der Waals surface area contributed by atoms with E-state index in [9.17, 15) is 4.79 Å². The molecule has 0 aromatic heterocycles. The Labute approximate surface area is 128 Å². The minimum Gasteiger partial charge on any atom is -0.397 e. The van der Waals surface area contributed by atoms with Gasteiger partial charge in [0.1, 0.15) is 0 Å². The first-order valence-corrected chi connectivity index (χ1v) is 8.82. The van der Waals surface area contributed by atoms with Crippen LogP contribution in [0.3, 0.4) is 0 Å². The molecule has 1 aliphatic rings. The Kier molecular flexibility index (Phi) is 5.48. The van der Waals surface area contributed by atoms with Crippen molar-refractivity contribution in [3.8, 4) is 0 Å². The number of carbonyl (C=O) groups is 1. The lowest BCUT2D eigenvalue weighted by atomic mass is 10.1. The van der Waals surface area contributed by atoms with E-state index >= 15 is 0 Å². The van der Waals surface area contributed by atoms with E-state index in [0.717, 1.165) is 12.2 Å². The van der Waals surface area contributed by atoms with Gasteiger partial charge in [0.2, 0.25) is 0 Å². The van der Waals surface area contributed by atoms with Crippen molar-refractivity contribution in [2.75, 3.05) is 48.9 Å². The summed E-state index contributed by atoms with van der Waals surface area (Å²) in [4.78, 5) is 13.4. The lowest BCUT2D eigenvalue weighted by Crippen LogP contribution is -2.24. The molecule has 0 aliphatic carbocycles. The van der Waals surface area contributed by atoms with Crippen molar-refractivity contribution in [2.45, 2.75) is 5.25 Å². The maximum absolute atomic E-state index is 11.9. The van der Waals surface area contributed by atoms with Gasteiger partial charge in [-0.05, 0) is 18.2 Å². The number of nitrogens with zero attached hydrogens (tertiary/aromatic N) is 1. The van der Waals surface area contributed by atoms with Gasteiger partial charge >= 0.3 is 0 Å². The van der Waals surface area contributed by atoms with Crippen LogP contribution >= 0.6 is 23.5 Å². The number of rotatable bonds is 4. The van der Waals surface area contributed by atoms with Gasteiger partial charge in [0.15, 0.2) is 0 Å². The molecule has 1 fully saturated rings. The third-order valence-corrected chi connectivity index (χ3v) is 5.95. The van der Waals surface area contributed by atoms with Crippen LogP contribution in [0, 0.1) is 0 Å². The molecule has 20 heavy (non-hydrogen) atoms. The van der Waals surface area contributed by atoms with Gasteiger partial charge in [-0.1, -0.05) is 0 Å². The van der Waals surface area contributed by atoms with Crippen LogP contribution in [0.15, 0.2) is 18.2 Å². The number of carbonyl (C=O) groups excluding carboxylic acids is 1. The summed E-state index contributed by atoms with van der Waals surface area (Å²) in [6.45, 7) is 0.919. The number of nitrogens with two attached hydrogens (primary N) is 1. The molecule has 1 atom stereocenters. The normalized spacial score (nSPS) is 18.6. The maximum atomic E-state index is 11.9. The SMILES string of the molecule is CN(C)C(=O)c1ccc(NCC2CSCCS2)c(N)c1. The van der Waals surface area contributed by atoms with E-state index < -0.39 is 0 Å². The largest absolute Gasteiger partial charge is 0.397 e. The molecule has 2 rings (SSSR count). The fourth-order valence-electron chi connectivity index (χ4n) is 1.99. The van der Waals surface area contributed by atoms with Gasteiger partial charge in [-0.25, -0.2) is 0 Å². The van der Waals surface area contributed by atoms with Crippen molar-refractivity contribution in [1.82, 2.24) is 4.90 Å². The molecule has 1 unspecified atom stereocenters. The van der Waals surface area contributed by atoms with E-state index in [0.29, 0.717) is 16.5 Å². The number of anilines is 2. The summed E-state index contributed by atoms with van der Waals surface area (Å²) < 4.78 is 0. The molecule has 4 nitrogen and oxygen atoms in total. The molecule has 3 N–H and O–H groups in total. The second-order valence-electron chi connectivity index (χ2n) is 4.95. The lowest BCUT2D eigenvalue weighted by Gasteiger charge is -2.22. The molecule has 110 valence electrons. The van der Waals surface area contributed by atoms with Crippen molar-refractivity contribution in [2.24, 2.45) is 0 Å². The average molecular weight is 311 g/mol. The van der Waals surface area contributed by atoms with E-state index in [1.165, 1.54) is 17.3 Å². The highest BCUT2D eigenvalue weighted by molar-refractivity contribution is 8.06. The van der Waals surface area contributed by atoms with Crippen molar-refractivity contribution in [1.29, 1.82) is 0 Å². The number of nitrogens with one attached hydrogen (secondary N) is 1. The Morgan fingerprint density at radius 3 is 2.85 bits per heavy atom. The van der Waals surface area contributed by atoms with Crippen LogP contribution in [-0.2, 0) is 0 Å². The Morgan fingerprint density at radius 2 is 2.25 bits per heavy atom. The number of amides is 1. The third-order valence-electron chi connectivity index (χ3n) is 3.11. The molecular weight excluding hydrogens is 290 g/mol. The zero-order valence-corrected chi connectivity index (χ0v) is 13.5. The zero-order valence-electron chi connectivity index (χ0n) is 11.9. The molecule has 6 heteroatoms. The first-order chi connectivity index (χ1) is 9.58. The predicted octanol–water partition coefficient (Wildman–Crippen LogP) is 2.23. The quantitative estimate of drug-likeness (QED) is 0.835. The summed E-state index contributed by atoms with van der Waals surface area (Å²) in [6, 6.07) is 5.46. The second kappa shape index (κ2) is 7.13. The molecule has 1 saturated heterocycles. The standard InChI is InChI=1S/C14H21N3OS2/c1-17(2)14(18)10-3-4-13(12(15)7-10)16-8-11-9-19-5-6-20-11/h3-4,7,11,16H,5-6,8-9,15H2,1-2H3. The van der Waals surface area contributed by atoms with E-state index in [-0.39, 0.29) is 5.91 Å². The third kappa shape index (κ3) is 3.99. The summed E-state index contributed by atoms with van der Waals surface area (Å²) in [7, 11) is 3.48. The fraction of sp³-hybridized carbons (Fsp3) is 0.500. The van der Waals surface area contributed by atoms with Gasteiger partial charge in [0, 0.05) is 48.7 Å². The first kappa shape index (κ1) is 15.4. The number of hydrogen-bond donors (Lipinski definition) is 2. The van der Waals surface area contributed by atoms with E-state index in [4.69, 9.17) is 5.73 Å². The summed E-state index contributed by atoms with van der Waals surface area (Å²) in [5, 5.41) is 4.03. The monoisotopic (exact) mass is 311 g/mol. The van der Waals surface area contributed by atoms with E-state index in [2.05, 4.69) is 5.32 Å². The van der Waals surface area contributed by atoms with Crippen LogP contribution in [0.5, 0.6) is 0 Å². The lowest BCUT2D eigenvalue weighted by molar-refractivity contribution is 0.0827. The topological polar surface area (TPSA) is 58.4 Å². The van der Waals surface area contributed by atoms with Crippen molar-refractivity contribution >= 4 is 40.8 Å². The van der Waals surface area contributed by atoms with E-state index in [1.807, 2.05) is 35.7 Å². The Balaban J connectivity index is 1.97. The molecule has 1 aliphatic heterocycles. The van der Waals surface area contributed by atoms with Crippen LogP contribution in [-0.4, -0.2) is 54.0 Å². The summed E-state index contributed by atoms with van der Waals surface area (Å²) in [5.41, 5.74) is 8.20. The number of thioether (sulfide) groups is 2. The molecule has 0 spiro atoms. The van der Waals surface area contributed by atoms with Crippen LogP contribution in [0.2, 0.25) is 0 Å². The minimum absolute atomic E-state index is 0.0255. The molecule has 0 radical (unpaired) electrons. The number of nitrogen functional groups attached to an aromatic ring is 1. The van der Waals surface area contributed by atoms with Crippen molar-refractivity contribution in [3.63, 3.8) is 0 Å². The highest BCUT2D eigenvalue weighted by atomic mass is 32.2. The molecule has 1 aromatic rings. The molecular formula is C14H21N3OS2. The van der Waals surface area contributed by atoms with Gasteiger partial charge in [-0.15, -0.1) is 0 Å². The first-order valence-electron chi connectivity index (χ1n) is 6.62. The average Bonchev–Trinajstić information content (AvgIpc) is 2.46. The number of hydrogen-bond acceptors (Lipinski definition) is 5. The summed E-state index contributed by atoms with van der Waals surface area (Å²) in [6.07, 6.45) is 0. The Bertz CT molecular complexity index is 473. The highest BCUT2D eigenvalue weighted by Gasteiger charge is 2.15. The van der Waals surface area contributed by atoms with E-state index in [1.54, 1.807) is 25.1 Å². The van der Waals surface area contributed by atoms with Crippen LogP contribution in [0.4, 0.5) is 11.4 Å². The van der Waals surface area contributed by atoms with Gasteiger partial charge in [0.25, 0.3) is 5.91 Å². The predicted molar refractivity (Wildman–Crippen MR) is 90.9 cm³/mol. The molecule has 1 aromatic carbocycles. The van der Waals surface area contributed by atoms with Crippen molar-refractivity contribution < 1.29 is 4.79 Å². The fourth-order valence-corrected chi connectivity index (χ4v) is 4.60. The second-order valence-corrected chi connectivity index (χ2v) is 7.51. The number of benzene rings is 1. The minimum atomic E-state index is -0.0255. The summed E-state index contributed by atoms with van der Waals surface area (Å²) in [5.74, 6) is 3.64. The van der Waals surface area contributed by atoms with Crippen LogP contribution in [0.25, 0.3) is 0 Å².